The van der Waals surface area contributed by atoms with Gasteiger partial charge in [0.15, 0.2) is 0 Å². The van der Waals surface area contributed by atoms with E-state index in [9.17, 15) is 29.4 Å². The molecule has 0 aliphatic rings. The molecule has 0 saturated carbocycles. The topological polar surface area (TPSA) is 127 Å². The van der Waals surface area contributed by atoms with E-state index in [4.69, 9.17) is 9.47 Å². The van der Waals surface area contributed by atoms with Crippen LogP contribution in [0.3, 0.4) is 0 Å². The molecule has 0 aliphatic heterocycles. The predicted octanol–water partition coefficient (Wildman–Crippen LogP) is 6.12. The first kappa shape index (κ1) is 29.1. The molecule has 0 aliphatic carbocycles. The minimum Gasteiger partial charge on any atom is -0.478 e. The summed E-state index contributed by atoms with van der Waals surface area (Å²) in [5, 5.41) is 19.0. The van der Waals surface area contributed by atoms with Gasteiger partial charge in [0, 0.05) is 0 Å². The molecule has 0 aromatic heterocycles. The average molecular weight is 479 g/mol. The van der Waals surface area contributed by atoms with Gasteiger partial charge in [0.25, 0.3) is 0 Å². The molecule has 0 heterocycles. The second-order valence-corrected chi connectivity index (χ2v) is 8.36. The van der Waals surface area contributed by atoms with Crippen molar-refractivity contribution in [2.75, 3.05) is 13.2 Å². The molecule has 1 aromatic rings. The Hall–Kier alpha value is -2.90. The Morgan fingerprint density at radius 2 is 0.882 bits per heavy atom. The number of unbranched alkanes of at least 4 members (excludes halogenated alkanes) is 10. The number of carbonyl (C=O) groups is 4. The zero-order chi connectivity index (χ0) is 25.3. The fraction of sp³-hybridized carbons (Fsp3) is 0.615. The lowest BCUT2D eigenvalue weighted by Gasteiger charge is -2.12. The number of benzene rings is 1. The number of carboxylic acid groups (broad SMARTS) is 2. The van der Waals surface area contributed by atoms with Crippen LogP contribution in [-0.2, 0) is 9.47 Å². The fourth-order valence-electron chi connectivity index (χ4n) is 3.54. The van der Waals surface area contributed by atoms with Gasteiger partial charge in [-0.05, 0) is 25.0 Å². The smallest absolute Gasteiger partial charge is 0.339 e. The highest BCUT2D eigenvalue weighted by Gasteiger charge is 2.27. The lowest BCUT2D eigenvalue weighted by atomic mass is 9.98. The summed E-state index contributed by atoms with van der Waals surface area (Å²) in [6, 6.07) is 1.77. The summed E-state index contributed by atoms with van der Waals surface area (Å²) in [4.78, 5) is 48.4. The van der Waals surface area contributed by atoms with Crippen molar-refractivity contribution in [3.63, 3.8) is 0 Å². The number of hydrogen-bond acceptors (Lipinski definition) is 6. The van der Waals surface area contributed by atoms with Crippen LogP contribution in [0.5, 0.6) is 0 Å². The van der Waals surface area contributed by atoms with Crippen molar-refractivity contribution in [2.24, 2.45) is 0 Å². The molecule has 0 unspecified atom stereocenters. The fourth-order valence-corrected chi connectivity index (χ4v) is 3.54. The molecular weight excluding hydrogens is 440 g/mol. The van der Waals surface area contributed by atoms with Crippen molar-refractivity contribution in [3.05, 3.63) is 34.4 Å². The van der Waals surface area contributed by atoms with Gasteiger partial charge in [-0.3, -0.25) is 0 Å². The Labute approximate surface area is 201 Å². The second kappa shape index (κ2) is 16.7. The number of carboxylic acids is 2. The Kier molecular flexibility index (Phi) is 14.3. The maximum atomic E-state index is 12.6. The molecule has 8 nitrogen and oxygen atoms in total. The predicted molar refractivity (Wildman–Crippen MR) is 128 cm³/mol. The van der Waals surface area contributed by atoms with Crippen LogP contribution in [-0.4, -0.2) is 47.3 Å². The summed E-state index contributed by atoms with van der Waals surface area (Å²) in [7, 11) is 0. The van der Waals surface area contributed by atoms with Gasteiger partial charge in [0.1, 0.15) is 0 Å². The van der Waals surface area contributed by atoms with Gasteiger partial charge in [-0.15, -0.1) is 0 Å². The van der Waals surface area contributed by atoms with E-state index >= 15 is 0 Å². The highest BCUT2D eigenvalue weighted by Crippen LogP contribution is 2.21. The maximum Gasteiger partial charge on any atom is 0.339 e. The van der Waals surface area contributed by atoms with E-state index in [-0.39, 0.29) is 24.3 Å². The van der Waals surface area contributed by atoms with E-state index in [1.165, 1.54) is 0 Å². The number of rotatable bonds is 18. The number of esters is 2. The Morgan fingerprint density at radius 3 is 1.24 bits per heavy atom. The van der Waals surface area contributed by atoms with Gasteiger partial charge in [0.2, 0.25) is 0 Å². The molecule has 0 amide bonds. The highest BCUT2D eigenvalue weighted by atomic mass is 16.5. The zero-order valence-corrected chi connectivity index (χ0v) is 20.4. The van der Waals surface area contributed by atoms with Gasteiger partial charge < -0.3 is 19.7 Å². The van der Waals surface area contributed by atoms with E-state index in [1.807, 2.05) is 0 Å². The van der Waals surface area contributed by atoms with Crippen molar-refractivity contribution in [1.29, 1.82) is 0 Å². The molecule has 0 atom stereocenters. The first-order valence-corrected chi connectivity index (χ1v) is 12.3. The monoisotopic (exact) mass is 478 g/mol. The quantitative estimate of drug-likeness (QED) is 0.191. The third-order valence-corrected chi connectivity index (χ3v) is 5.52. The summed E-state index contributed by atoms with van der Waals surface area (Å²) in [6.07, 6.45) is 11.8. The van der Waals surface area contributed by atoms with Crippen molar-refractivity contribution < 1.29 is 38.9 Å². The Morgan fingerprint density at radius 1 is 0.559 bits per heavy atom. The normalized spacial score (nSPS) is 10.6. The Balaban J connectivity index is 2.87. The first-order chi connectivity index (χ1) is 16.3. The van der Waals surface area contributed by atoms with Crippen molar-refractivity contribution in [1.82, 2.24) is 0 Å². The summed E-state index contributed by atoms with van der Waals surface area (Å²) >= 11 is 0. The lowest BCUT2D eigenvalue weighted by Crippen LogP contribution is -2.19. The summed E-state index contributed by atoms with van der Waals surface area (Å²) in [5.74, 6) is -4.79. The van der Waals surface area contributed by atoms with Gasteiger partial charge in [-0.25, -0.2) is 19.2 Å². The molecule has 1 aromatic carbocycles. The average Bonchev–Trinajstić information content (AvgIpc) is 2.81. The molecule has 0 saturated heterocycles. The largest absolute Gasteiger partial charge is 0.478 e. The summed E-state index contributed by atoms with van der Waals surface area (Å²) < 4.78 is 10.4. The standard InChI is InChI=1S/C26H38O8/c1-3-5-7-9-11-13-15-33-25(31)21-18-22(20(24(29)30)17-19(21)23(27)28)26(32)34-16-14-12-10-8-6-4-2/h17-18H,3-16H2,1-2H3,(H,27,28)(H,29,30). The zero-order valence-electron chi connectivity index (χ0n) is 20.4. The maximum absolute atomic E-state index is 12.6. The van der Waals surface area contributed by atoms with Gasteiger partial charge in [-0.2, -0.15) is 0 Å². The van der Waals surface area contributed by atoms with Gasteiger partial charge in [-0.1, -0.05) is 78.1 Å². The molecule has 0 fully saturated rings. The first-order valence-electron chi connectivity index (χ1n) is 12.3. The molecule has 8 heteroatoms. The highest BCUT2D eigenvalue weighted by molar-refractivity contribution is 6.09. The van der Waals surface area contributed by atoms with E-state index in [0.29, 0.717) is 12.8 Å². The summed E-state index contributed by atoms with van der Waals surface area (Å²) in [6.45, 7) is 4.47. The van der Waals surface area contributed by atoms with E-state index < -0.39 is 35.0 Å². The molecule has 0 spiro atoms. The summed E-state index contributed by atoms with van der Waals surface area (Å²) in [5.41, 5.74) is -1.79. The van der Waals surface area contributed by atoms with Crippen molar-refractivity contribution in [3.8, 4) is 0 Å². The number of ether oxygens (including phenoxy) is 2. The lowest BCUT2D eigenvalue weighted by molar-refractivity contribution is 0.0479. The van der Waals surface area contributed by atoms with Crippen LogP contribution >= 0.6 is 0 Å². The van der Waals surface area contributed by atoms with E-state index in [2.05, 4.69) is 13.8 Å². The molecule has 2 N–H and O–H groups in total. The third kappa shape index (κ3) is 10.4. The number of hydrogen-bond donors (Lipinski definition) is 2. The minimum atomic E-state index is -1.49. The van der Waals surface area contributed by atoms with Crippen LogP contribution in [0.4, 0.5) is 0 Å². The van der Waals surface area contributed by atoms with Crippen LogP contribution in [0, 0.1) is 0 Å². The van der Waals surface area contributed by atoms with Gasteiger partial charge in [0.05, 0.1) is 35.5 Å². The molecule has 34 heavy (non-hydrogen) atoms. The third-order valence-electron chi connectivity index (χ3n) is 5.52. The molecule has 0 bridgehead atoms. The van der Waals surface area contributed by atoms with E-state index in [0.717, 1.165) is 76.3 Å². The number of carbonyl (C=O) groups excluding carboxylic acids is 2. The SMILES string of the molecule is CCCCCCCCOC(=O)c1cc(C(=O)OCCCCCCCC)c(C(=O)O)cc1C(=O)O. The second-order valence-electron chi connectivity index (χ2n) is 8.36. The van der Waals surface area contributed by atoms with E-state index in [1.54, 1.807) is 0 Å². The minimum absolute atomic E-state index is 0.114. The molecule has 1 rings (SSSR count). The molecular formula is C26H38O8. The van der Waals surface area contributed by atoms with Crippen molar-refractivity contribution >= 4 is 23.9 Å². The number of aromatic carboxylic acids is 2. The Bertz CT molecular complexity index is 752. The van der Waals surface area contributed by atoms with Crippen LogP contribution in [0.2, 0.25) is 0 Å². The molecule has 0 radical (unpaired) electrons. The van der Waals surface area contributed by atoms with Crippen LogP contribution < -0.4 is 0 Å². The van der Waals surface area contributed by atoms with Crippen molar-refractivity contribution in [2.45, 2.75) is 90.9 Å². The van der Waals surface area contributed by atoms with Crippen LogP contribution in [0.25, 0.3) is 0 Å². The van der Waals surface area contributed by atoms with Gasteiger partial charge >= 0.3 is 23.9 Å². The molecule has 190 valence electrons. The van der Waals surface area contributed by atoms with Crippen LogP contribution in [0.1, 0.15) is 132 Å². The van der Waals surface area contributed by atoms with Crippen LogP contribution in [0.15, 0.2) is 12.1 Å².